The van der Waals surface area contributed by atoms with Gasteiger partial charge in [0, 0.05) is 31.7 Å². The van der Waals surface area contributed by atoms with Crippen LogP contribution in [-0.2, 0) is 14.0 Å². The van der Waals surface area contributed by atoms with Crippen molar-refractivity contribution >= 4 is 40.2 Å². The normalized spacial score (nSPS) is 28.8. The average molecular weight is 432 g/mol. The maximum absolute atomic E-state index is 12.5. The zero-order valence-electron chi connectivity index (χ0n) is 18.5. The first-order valence-corrected chi connectivity index (χ1v) is 9.59. The summed E-state index contributed by atoms with van der Waals surface area (Å²) in [5, 5.41) is 0. The highest BCUT2D eigenvalue weighted by molar-refractivity contribution is 7.59. The van der Waals surface area contributed by atoms with Crippen molar-refractivity contribution < 1.29 is 18.8 Å². The third kappa shape index (κ3) is 5.03. The van der Waals surface area contributed by atoms with Crippen molar-refractivity contribution in [2.45, 2.75) is 84.3 Å². The predicted octanol–water partition coefficient (Wildman–Crippen LogP) is 3.09. The average Bonchev–Trinajstić information content (AvgIpc) is 2.94. The first kappa shape index (κ1) is 25.7. The van der Waals surface area contributed by atoms with Gasteiger partial charge >= 0.3 is 13.2 Å². The number of rotatable bonds is 1. The molecule has 0 radical (unpaired) electrons. The Kier molecular flexibility index (Phi) is 7.72. The molecule has 0 aliphatic carbocycles. The van der Waals surface area contributed by atoms with E-state index in [0.717, 1.165) is 18.6 Å². The minimum Gasteiger partial charge on any atom is -0.444 e. The maximum atomic E-state index is 12.5. The van der Waals surface area contributed by atoms with E-state index in [1.165, 1.54) is 0 Å². The highest BCUT2D eigenvalue weighted by Gasteiger charge is 2.54. The molecule has 3 aliphatic heterocycles. The van der Waals surface area contributed by atoms with Crippen LogP contribution in [0, 0.1) is 0 Å². The summed E-state index contributed by atoms with van der Waals surface area (Å²) in [5.41, 5.74) is 0.00856. The number of amides is 1. The van der Waals surface area contributed by atoms with Crippen LogP contribution in [0.25, 0.3) is 0 Å². The Morgan fingerprint density at radius 3 is 2.18 bits per heavy atom. The smallest absolute Gasteiger partial charge is 0.444 e. The molecule has 162 valence electrons. The highest BCUT2D eigenvalue weighted by Crippen LogP contribution is 2.40. The van der Waals surface area contributed by atoms with Crippen LogP contribution in [0.1, 0.15) is 55.4 Å². The maximum Gasteiger partial charge on any atom is 0.491 e. The summed E-state index contributed by atoms with van der Waals surface area (Å²) in [6, 6.07) is 0.305. The van der Waals surface area contributed by atoms with Crippen LogP contribution in [0.2, 0.25) is 0 Å². The zero-order valence-corrected chi connectivity index (χ0v) is 20.5. The molecule has 0 aromatic rings. The fourth-order valence-electron chi connectivity index (χ4n) is 3.67. The molecule has 2 atom stereocenters. The van der Waals surface area contributed by atoms with Crippen molar-refractivity contribution in [1.82, 2.24) is 9.80 Å². The number of fused-ring (bicyclic) bond motifs is 1. The Morgan fingerprint density at radius 2 is 1.68 bits per heavy atom. The lowest BCUT2D eigenvalue weighted by Gasteiger charge is -2.42. The summed E-state index contributed by atoms with van der Waals surface area (Å²) in [6.45, 7) is 18.4. The monoisotopic (exact) mass is 432 g/mol. The van der Waals surface area contributed by atoms with Crippen LogP contribution in [0.4, 0.5) is 4.79 Å². The van der Waals surface area contributed by atoms with Crippen LogP contribution in [0.5, 0.6) is 0 Å². The molecule has 2 saturated heterocycles. The highest BCUT2D eigenvalue weighted by atomic mass is 32.1. The second-order valence-corrected chi connectivity index (χ2v) is 9.81. The van der Waals surface area contributed by atoms with Gasteiger partial charge in [0.2, 0.25) is 0 Å². The molecule has 9 heteroatoms. The lowest BCUT2D eigenvalue weighted by molar-refractivity contribution is -0.00277. The molecule has 1 amide bonds. The fraction of sp³-hybridized carbons (Fsp3) is 0.842. The van der Waals surface area contributed by atoms with E-state index in [2.05, 4.69) is 45.6 Å². The first-order valence-electron chi connectivity index (χ1n) is 9.59. The Morgan fingerprint density at radius 1 is 1.14 bits per heavy atom. The van der Waals surface area contributed by atoms with E-state index < -0.39 is 5.60 Å². The van der Waals surface area contributed by atoms with E-state index in [-0.39, 0.29) is 63.5 Å². The molecule has 2 fully saturated rings. The summed E-state index contributed by atoms with van der Waals surface area (Å²) in [5.74, 6) is 0. The molecule has 28 heavy (non-hydrogen) atoms. The third-order valence-electron chi connectivity index (χ3n) is 5.86. The number of ether oxygens (including phenoxy) is 1. The van der Waals surface area contributed by atoms with Crippen molar-refractivity contribution in [2.24, 2.45) is 0 Å². The number of hydrogen-bond acceptors (Lipinski definition) is 5. The van der Waals surface area contributed by atoms with Gasteiger partial charge in [0.15, 0.2) is 0 Å². The van der Waals surface area contributed by atoms with Gasteiger partial charge in [-0.05, 0) is 60.9 Å². The summed E-state index contributed by atoms with van der Waals surface area (Å²) >= 11 is 0. The largest absolute Gasteiger partial charge is 0.491 e. The molecule has 3 heterocycles. The second kappa shape index (κ2) is 8.42. The number of piperazine rings is 1. The van der Waals surface area contributed by atoms with Gasteiger partial charge in [-0.25, -0.2) is 4.79 Å². The number of carbonyl (C=O) groups is 1. The van der Waals surface area contributed by atoms with Gasteiger partial charge in [0.05, 0.1) is 11.2 Å². The summed E-state index contributed by atoms with van der Waals surface area (Å²) in [4.78, 5) is 16.8. The lowest BCUT2D eigenvalue weighted by atomic mass is 9.78. The van der Waals surface area contributed by atoms with Crippen LogP contribution in [0.3, 0.4) is 0 Å². The molecule has 0 bridgehead atoms. The molecular weight excluding hydrogens is 395 g/mol. The van der Waals surface area contributed by atoms with Crippen LogP contribution < -0.4 is 0 Å². The molecular formula is C19H37BN2O4S2. The molecule has 0 aromatic carbocycles. The van der Waals surface area contributed by atoms with E-state index in [1.54, 1.807) is 0 Å². The Labute approximate surface area is 184 Å². The quantitative estimate of drug-likeness (QED) is 0.596. The van der Waals surface area contributed by atoms with Gasteiger partial charge in [0.25, 0.3) is 0 Å². The van der Waals surface area contributed by atoms with Crippen molar-refractivity contribution in [3.05, 3.63) is 11.5 Å². The Hall–Kier alpha value is -0.345. The molecule has 0 saturated carbocycles. The number of hydrogen-bond donors (Lipinski definition) is 0. The molecule has 0 N–H and O–H groups in total. The molecule has 3 rings (SSSR count). The molecule has 0 unspecified atom stereocenters. The van der Waals surface area contributed by atoms with E-state index in [0.29, 0.717) is 6.54 Å². The summed E-state index contributed by atoms with van der Waals surface area (Å²) in [6.07, 6.45) is 1.98. The van der Waals surface area contributed by atoms with E-state index in [4.69, 9.17) is 14.0 Å². The van der Waals surface area contributed by atoms with Crippen LogP contribution in [-0.4, -0.2) is 71.5 Å². The van der Waals surface area contributed by atoms with Crippen LogP contribution in [0.15, 0.2) is 11.5 Å². The van der Waals surface area contributed by atoms with Crippen LogP contribution >= 0.6 is 27.0 Å². The summed E-state index contributed by atoms with van der Waals surface area (Å²) < 4.78 is 18.0. The SMILES string of the molecule is C[C@H]1CN2CC(B3OC(C)(C)C(C)(C)O3)=C[C@H]2CN1C(=O)OC(C)(C)C.S.S. The molecule has 3 aliphatic rings. The predicted molar refractivity (Wildman–Crippen MR) is 123 cm³/mol. The van der Waals surface area contributed by atoms with Crippen molar-refractivity contribution in [2.75, 3.05) is 19.6 Å². The van der Waals surface area contributed by atoms with Gasteiger partial charge < -0.3 is 18.9 Å². The van der Waals surface area contributed by atoms with Gasteiger partial charge in [-0.1, -0.05) is 6.08 Å². The molecule has 0 spiro atoms. The van der Waals surface area contributed by atoms with Crippen molar-refractivity contribution in [3.8, 4) is 0 Å². The first-order chi connectivity index (χ1) is 11.8. The standard InChI is InChI=1S/C19H33BN2O4.2H2S/c1-13-10-21-11-14(20-25-18(5,6)19(7,8)26-20)9-15(21)12-22(13)16(23)24-17(2,3)4;;/h9,13,15H,10-12H2,1-8H3;2*1H2/t13-,15-;;/m0../s1. The topological polar surface area (TPSA) is 51.2 Å². The lowest BCUT2D eigenvalue weighted by Crippen LogP contribution is -2.57. The Bertz CT molecular complexity index is 606. The minimum absolute atomic E-state index is 0. The number of nitrogens with zero attached hydrogens (tertiary/aromatic N) is 2. The van der Waals surface area contributed by atoms with E-state index in [9.17, 15) is 4.79 Å². The second-order valence-electron chi connectivity index (χ2n) is 9.81. The molecule has 0 aromatic heterocycles. The molecule has 6 nitrogen and oxygen atoms in total. The summed E-state index contributed by atoms with van der Waals surface area (Å²) in [7, 11) is -0.309. The van der Waals surface area contributed by atoms with Gasteiger partial charge in [-0.15, -0.1) is 0 Å². The van der Waals surface area contributed by atoms with E-state index >= 15 is 0 Å². The van der Waals surface area contributed by atoms with Crippen molar-refractivity contribution in [3.63, 3.8) is 0 Å². The van der Waals surface area contributed by atoms with E-state index in [1.807, 2.05) is 25.7 Å². The Balaban J connectivity index is 0.00000196. The minimum atomic E-state index is -0.479. The van der Waals surface area contributed by atoms with Crippen molar-refractivity contribution in [1.29, 1.82) is 0 Å². The fourth-order valence-corrected chi connectivity index (χ4v) is 3.67. The van der Waals surface area contributed by atoms with Gasteiger partial charge in [0.1, 0.15) is 5.60 Å². The van der Waals surface area contributed by atoms with Gasteiger partial charge in [-0.3, -0.25) is 4.90 Å². The third-order valence-corrected chi connectivity index (χ3v) is 5.86. The van der Waals surface area contributed by atoms with Gasteiger partial charge in [-0.2, -0.15) is 27.0 Å². The number of carbonyl (C=O) groups excluding carboxylic acids is 1. The zero-order chi connectivity index (χ0) is 19.5.